The molecule has 86 valence electrons. The van der Waals surface area contributed by atoms with Crippen LogP contribution < -0.4 is 4.74 Å². The molecule has 16 heavy (non-hydrogen) atoms. The van der Waals surface area contributed by atoms with Crippen LogP contribution >= 0.6 is 0 Å². The van der Waals surface area contributed by atoms with Crippen LogP contribution in [0.15, 0.2) is 24.3 Å². The van der Waals surface area contributed by atoms with E-state index < -0.39 is 0 Å². The van der Waals surface area contributed by atoms with E-state index in [0.717, 1.165) is 24.2 Å². The Bertz CT molecular complexity index is 365. The summed E-state index contributed by atoms with van der Waals surface area (Å²) in [4.78, 5) is 12.3. The third-order valence-corrected chi connectivity index (χ3v) is 3.18. The molecule has 1 aromatic carbocycles. The van der Waals surface area contributed by atoms with Gasteiger partial charge in [0.2, 0.25) is 0 Å². The van der Waals surface area contributed by atoms with Crippen LogP contribution in [0.1, 0.15) is 43.0 Å². The van der Waals surface area contributed by atoms with E-state index in [-0.39, 0.29) is 11.7 Å². The number of carbonyl (C=O) groups is 1. The van der Waals surface area contributed by atoms with Gasteiger partial charge in [0.25, 0.3) is 0 Å². The molecular formula is C14H18O2. The Morgan fingerprint density at radius 1 is 1.31 bits per heavy atom. The molecule has 1 aliphatic rings. The molecule has 0 N–H and O–H groups in total. The largest absolute Gasteiger partial charge is 0.493 e. The molecule has 2 heteroatoms. The molecule has 1 fully saturated rings. The van der Waals surface area contributed by atoms with Crippen molar-refractivity contribution in [2.24, 2.45) is 5.92 Å². The van der Waals surface area contributed by atoms with Gasteiger partial charge in [-0.25, -0.2) is 0 Å². The molecule has 0 unspecified atom stereocenters. The Hall–Kier alpha value is -1.31. The maximum atomic E-state index is 12.3. The molecule has 0 spiro atoms. The molecule has 2 nitrogen and oxygen atoms in total. The average molecular weight is 218 g/mol. The number of carbonyl (C=O) groups excluding carboxylic acids is 1. The quantitative estimate of drug-likeness (QED) is 0.723. The first-order valence-corrected chi connectivity index (χ1v) is 6.09. The Morgan fingerprint density at radius 2 is 2.00 bits per heavy atom. The molecule has 0 bridgehead atoms. The maximum absolute atomic E-state index is 12.3. The molecule has 0 atom stereocenters. The van der Waals surface area contributed by atoms with E-state index in [4.69, 9.17) is 4.74 Å². The lowest BCUT2D eigenvalue weighted by Gasteiger charge is -2.12. The van der Waals surface area contributed by atoms with Crippen molar-refractivity contribution in [3.8, 4) is 5.75 Å². The van der Waals surface area contributed by atoms with Gasteiger partial charge in [-0.1, -0.05) is 25.0 Å². The lowest BCUT2D eigenvalue weighted by molar-refractivity contribution is 0.0919. The summed E-state index contributed by atoms with van der Waals surface area (Å²) < 4.78 is 5.50. The SMILES string of the molecule is CCOc1ccccc1C(=O)C1CCCC1. The minimum Gasteiger partial charge on any atom is -0.493 e. The molecular weight excluding hydrogens is 200 g/mol. The summed E-state index contributed by atoms with van der Waals surface area (Å²) in [6.45, 7) is 2.55. The Kier molecular flexibility index (Phi) is 3.60. The Labute approximate surface area is 96.6 Å². The van der Waals surface area contributed by atoms with Crippen LogP contribution in [-0.2, 0) is 0 Å². The third kappa shape index (κ3) is 2.26. The normalized spacial score (nSPS) is 16.3. The van der Waals surface area contributed by atoms with Crippen molar-refractivity contribution in [2.75, 3.05) is 6.61 Å². The first-order valence-electron chi connectivity index (χ1n) is 6.09. The van der Waals surface area contributed by atoms with Crippen molar-refractivity contribution in [2.45, 2.75) is 32.6 Å². The fraction of sp³-hybridized carbons (Fsp3) is 0.500. The standard InChI is InChI=1S/C14H18O2/c1-2-16-13-10-6-5-9-12(13)14(15)11-7-3-4-8-11/h5-6,9-11H,2-4,7-8H2,1H3. The van der Waals surface area contributed by atoms with E-state index in [1.54, 1.807) is 0 Å². The second-order valence-electron chi connectivity index (χ2n) is 4.27. The van der Waals surface area contributed by atoms with Gasteiger partial charge in [0.1, 0.15) is 5.75 Å². The van der Waals surface area contributed by atoms with Crippen LogP contribution in [0.25, 0.3) is 0 Å². The summed E-state index contributed by atoms with van der Waals surface area (Å²) in [6.07, 6.45) is 4.46. The Morgan fingerprint density at radius 3 is 2.69 bits per heavy atom. The van der Waals surface area contributed by atoms with E-state index in [1.807, 2.05) is 31.2 Å². The number of ether oxygens (including phenoxy) is 1. The molecule has 0 heterocycles. The van der Waals surface area contributed by atoms with E-state index in [2.05, 4.69) is 0 Å². The fourth-order valence-electron chi connectivity index (χ4n) is 2.36. The number of ketones is 1. The van der Waals surface area contributed by atoms with Gasteiger partial charge in [-0.05, 0) is 31.9 Å². The highest BCUT2D eigenvalue weighted by molar-refractivity contribution is 6.00. The van der Waals surface area contributed by atoms with Crippen LogP contribution in [0.4, 0.5) is 0 Å². The van der Waals surface area contributed by atoms with Gasteiger partial charge in [0, 0.05) is 5.92 Å². The third-order valence-electron chi connectivity index (χ3n) is 3.18. The number of hydrogen-bond donors (Lipinski definition) is 0. The van der Waals surface area contributed by atoms with E-state index in [0.29, 0.717) is 6.61 Å². The monoisotopic (exact) mass is 218 g/mol. The highest BCUT2D eigenvalue weighted by atomic mass is 16.5. The minimum absolute atomic E-state index is 0.224. The second-order valence-corrected chi connectivity index (χ2v) is 4.27. The van der Waals surface area contributed by atoms with Gasteiger partial charge >= 0.3 is 0 Å². The fourth-order valence-corrected chi connectivity index (χ4v) is 2.36. The molecule has 0 aromatic heterocycles. The van der Waals surface area contributed by atoms with Crippen molar-refractivity contribution in [1.82, 2.24) is 0 Å². The van der Waals surface area contributed by atoms with Crippen LogP contribution in [0.5, 0.6) is 5.75 Å². The van der Waals surface area contributed by atoms with Crippen LogP contribution in [0.3, 0.4) is 0 Å². The van der Waals surface area contributed by atoms with Gasteiger partial charge in [-0.2, -0.15) is 0 Å². The number of benzene rings is 1. The van der Waals surface area contributed by atoms with E-state index in [1.165, 1.54) is 12.8 Å². The predicted molar refractivity (Wildman–Crippen MR) is 63.9 cm³/mol. The molecule has 1 aliphatic carbocycles. The summed E-state index contributed by atoms with van der Waals surface area (Å²) in [6, 6.07) is 7.58. The first-order chi connectivity index (χ1) is 7.83. The van der Waals surface area contributed by atoms with Gasteiger partial charge in [0.05, 0.1) is 12.2 Å². The van der Waals surface area contributed by atoms with E-state index >= 15 is 0 Å². The topological polar surface area (TPSA) is 26.3 Å². The molecule has 1 saturated carbocycles. The zero-order valence-electron chi connectivity index (χ0n) is 9.74. The van der Waals surface area contributed by atoms with Crippen molar-refractivity contribution in [3.63, 3.8) is 0 Å². The zero-order valence-corrected chi connectivity index (χ0v) is 9.74. The molecule has 0 amide bonds. The van der Waals surface area contributed by atoms with Gasteiger partial charge in [-0.15, -0.1) is 0 Å². The Balaban J connectivity index is 2.21. The first kappa shape index (κ1) is 11.2. The van der Waals surface area contributed by atoms with Gasteiger partial charge in [-0.3, -0.25) is 4.79 Å². The molecule has 1 aromatic rings. The molecule has 2 rings (SSSR count). The minimum atomic E-state index is 0.224. The van der Waals surface area contributed by atoms with Crippen molar-refractivity contribution < 1.29 is 9.53 Å². The second kappa shape index (κ2) is 5.15. The number of rotatable bonds is 4. The highest BCUT2D eigenvalue weighted by Gasteiger charge is 2.25. The molecule has 0 radical (unpaired) electrons. The van der Waals surface area contributed by atoms with Crippen LogP contribution in [0, 0.1) is 5.92 Å². The van der Waals surface area contributed by atoms with Crippen molar-refractivity contribution >= 4 is 5.78 Å². The maximum Gasteiger partial charge on any atom is 0.169 e. The van der Waals surface area contributed by atoms with Gasteiger partial charge in [0.15, 0.2) is 5.78 Å². The smallest absolute Gasteiger partial charge is 0.169 e. The predicted octanol–water partition coefficient (Wildman–Crippen LogP) is 3.46. The average Bonchev–Trinajstić information content (AvgIpc) is 2.83. The van der Waals surface area contributed by atoms with Crippen molar-refractivity contribution in [1.29, 1.82) is 0 Å². The molecule has 0 saturated heterocycles. The number of hydrogen-bond acceptors (Lipinski definition) is 2. The summed E-state index contributed by atoms with van der Waals surface area (Å²) in [5, 5.41) is 0. The molecule has 0 aliphatic heterocycles. The van der Waals surface area contributed by atoms with Crippen LogP contribution in [0.2, 0.25) is 0 Å². The number of para-hydroxylation sites is 1. The summed E-state index contributed by atoms with van der Waals surface area (Å²) in [5.41, 5.74) is 0.760. The van der Waals surface area contributed by atoms with Gasteiger partial charge < -0.3 is 4.74 Å². The lowest BCUT2D eigenvalue weighted by Crippen LogP contribution is -2.12. The van der Waals surface area contributed by atoms with Crippen LogP contribution in [-0.4, -0.2) is 12.4 Å². The highest BCUT2D eigenvalue weighted by Crippen LogP contribution is 2.31. The summed E-state index contributed by atoms with van der Waals surface area (Å²) >= 11 is 0. The lowest BCUT2D eigenvalue weighted by atomic mass is 9.96. The van der Waals surface area contributed by atoms with E-state index in [9.17, 15) is 4.79 Å². The number of Topliss-reactive ketones (excluding diaryl/α,β-unsaturated/α-hetero) is 1. The summed E-state index contributed by atoms with van der Waals surface area (Å²) in [5.74, 6) is 1.23. The zero-order chi connectivity index (χ0) is 11.4. The summed E-state index contributed by atoms with van der Waals surface area (Å²) in [7, 11) is 0. The van der Waals surface area contributed by atoms with Crippen molar-refractivity contribution in [3.05, 3.63) is 29.8 Å².